The van der Waals surface area contributed by atoms with Crippen molar-refractivity contribution in [3.05, 3.63) is 83.6 Å². The summed E-state index contributed by atoms with van der Waals surface area (Å²) in [7, 11) is 0. The summed E-state index contributed by atoms with van der Waals surface area (Å²) in [5.74, 6) is 0.0845. The maximum absolute atomic E-state index is 12.8. The van der Waals surface area contributed by atoms with Gasteiger partial charge < -0.3 is 20.3 Å². The lowest BCUT2D eigenvalue weighted by Gasteiger charge is -2.29. The Morgan fingerprint density at radius 2 is 1.92 bits per heavy atom. The van der Waals surface area contributed by atoms with Crippen LogP contribution in [0.15, 0.2) is 66.9 Å². The van der Waals surface area contributed by atoms with E-state index < -0.39 is 11.9 Å². The molecule has 10 nitrogen and oxygen atoms in total. The monoisotopic (exact) mass is 485 g/mol. The van der Waals surface area contributed by atoms with Gasteiger partial charge in [0.15, 0.2) is 0 Å². The van der Waals surface area contributed by atoms with Crippen molar-refractivity contribution in [2.24, 2.45) is 0 Å². The van der Waals surface area contributed by atoms with E-state index in [0.29, 0.717) is 29.3 Å². The minimum absolute atomic E-state index is 0.209. The number of anilines is 1. The molecule has 1 saturated heterocycles. The van der Waals surface area contributed by atoms with E-state index in [9.17, 15) is 19.2 Å². The van der Waals surface area contributed by atoms with Crippen molar-refractivity contribution in [2.45, 2.75) is 32.0 Å². The smallest absolute Gasteiger partial charge is 0.319 e. The molecule has 0 aliphatic carbocycles. The number of nitrogens with zero attached hydrogens (tertiary/aromatic N) is 2. The number of urea groups is 1. The first-order valence-corrected chi connectivity index (χ1v) is 11.5. The molecular weight excluding hydrogens is 462 g/mol. The summed E-state index contributed by atoms with van der Waals surface area (Å²) in [6.45, 7) is 0.542. The van der Waals surface area contributed by atoms with Crippen molar-refractivity contribution in [3.8, 4) is 11.6 Å². The van der Waals surface area contributed by atoms with E-state index in [1.54, 1.807) is 54.7 Å². The summed E-state index contributed by atoms with van der Waals surface area (Å²) >= 11 is 0. The molecule has 0 saturated carbocycles. The van der Waals surface area contributed by atoms with Gasteiger partial charge in [-0.25, -0.2) is 9.78 Å². The minimum Gasteiger partial charge on any atom is -0.439 e. The zero-order chi connectivity index (χ0) is 25.1. The second kappa shape index (κ2) is 9.87. The number of fused-ring (bicyclic) bond motifs is 1. The van der Waals surface area contributed by atoms with E-state index in [4.69, 9.17) is 4.74 Å². The number of carbonyl (C=O) groups is 4. The first kappa shape index (κ1) is 23.0. The van der Waals surface area contributed by atoms with E-state index in [0.717, 1.165) is 11.1 Å². The molecule has 5 amide bonds. The fraction of sp³-hybridized carbons (Fsp3) is 0.192. The molecule has 0 spiro atoms. The third-order valence-corrected chi connectivity index (χ3v) is 6.01. The lowest BCUT2D eigenvalue weighted by molar-refractivity contribution is -0.136. The quantitative estimate of drug-likeness (QED) is 0.461. The normalized spacial score (nSPS) is 16.8. The summed E-state index contributed by atoms with van der Waals surface area (Å²) < 4.78 is 5.64. The molecule has 2 aliphatic heterocycles. The van der Waals surface area contributed by atoms with Gasteiger partial charge >= 0.3 is 6.03 Å². The first-order valence-electron chi connectivity index (χ1n) is 11.5. The highest BCUT2D eigenvalue weighted by Gasteiger charge is 2.39. The van der Waals surface area contributed by atoms with Gasteiger partial charge in [-0.15, -0.1) is 0 Å². The van der Waals surface area contributed by atoms with Crippen molar-refractivity contribution < 1.29 is 23.9 Å². The maximum atomic E-state index is 12.8. The van der Waals surface area contributed by atoms with Crippen LogP contribution in [0, 0.1) is 0 Å². The van der Waals surface area contributed by atoms with Gasteiger partial charge in [0.05, 0.1) is 0 Å². The average Bonchev–Trinajstić information content (AvgIpc) is 3.20. The van der Waals surface area contributed by atoms with Crippen LogP contribution >= 0.6 is 0 Å². The van der Waals surface area contributed by atoms with E-state index in [2.05, 4.69) is 20.9 Å². The Morgan fingerprint density at radius 3 is 2.67 bits per heavy atom. The Balaban J connectivity index is 1.15. The van der Waals surface area contributed by atoms with E-state index in [1.165, 1.54) is 4.90 Å². The molecule has 1 fully saturated rings. The molecule has 3 N–H and O–H groups in total. The third-order valence-electron chi connectivity index (χ3n) is 6.01. The summed E-state index contributed by atoms with van der Waals surface area (Å²) in [4.78, 5) is 54.4. The number of benzene rings is 2. The molecule has 2 aromatic carbocycles. The number of nitrogens with one attached hydrogen (secondary N) is 3. The number of piperidine rings is 1. The largest absolute Gasteiger partial charge is 0.439 e. The van der Waals surface area contributed by atoms with Crippen molar-refractivity contribution in [3.63, 3.8) is 0 Å². The Morgan fingerprint density at radius 1 is 1.08 bits per heavy atom. The zero-order valence-electron chi connectivity index (χ0n) is 19.2. The van der Waals surface area contributed by atoms with Gasteiger partial charge in [-0.05, 0) is 53.9 Å². The number of ether oxygens (including phenoxy) is 1. The predicted molar refractivity (Wildman–Crippen MR) is 129 cm³/mol. The molecule has 0 bridgehead atoms. The van der Waals surface area contributed by atoms with Crippen molar-refractivity contribution in [1.82, 2.24) is 20.5 Å². The van der Waals surface area contributed by atoms with Crippen LogP contribution in [-0.2, 0) is 22.7 Å². The van der Waals surface area contributed by atoms with Gasteiger partial charge in [-0.1, -0.05) is 18.2 Å². The molecule has 1 aromatic heterocycles. The maximum Gasteiger partial charge on any atom is 0.319 e. The number of carbonyl (C=O) groups excluding carboxylic acids is 4. The van der Waals surface area contributed by atoms with Crippen molar-refractivity contribution in [1.29, 1.82) is 0 Å². The standard InChI is InChI=1S/C26H23N5O5/c32-22-11-10-21(24(33)30-22)31-15-17-13-16(4-9-20(17)25(31)34)14-28-26(35)29-18-5-7-19(8-6-18)36-23-3-1-2-12-27-23/h1-9,12-13,21H,10-11,14-15H2,(H2,28,29,35)(H,30,32,33). The SMILES string of the molecule is O=C1CCC(N2Cc3cc(CNC(=O)Nc4ccc(Oc5ccccn5)cc4)ccc3C2=O)C(=O)N1. The molecule has 3 aromatic rings. The summed E-state index contributed by atoms with van der Waals surface area (Å²) in [5, 5.41) is 7.86. The van der Waals surface area contributed by atoms with Crippen LogP contribution in [0.5, 0.6) is 11.6 Å². The van der Waals surface area contributed by atoms with E-state index in [-0.39, 0.29) is 37.4 Å². The number of aromatic nitrogens is 1. The zero-order valence-corrected chi connectivity index (χ0v) is 19.2. The second-order valence-corrected chi connectivity index (χ2v) is 8.49. The van der Waals surface area contributed by atoms with E-state index >= 15 is 0 Å². The topological polar surface area (TPSA) is 130 Å². The van der Waals surface area contributed by atoms with Crippen molar-refractivity contribution in [2.75, 3.05) is 5.32 Å². The van der Waals surface area contributed by atoms with Gasteiger partial charge in [-0.3, -0.25) is 19.7 Å². The van der Waals surface area contributed by atoms with E-state index in [1.807, 2.05) is 12.1 Å². The van der Waals surface area contributed by atoms with Crippen LogP contribution < -0.4 is 20.7 Å². The Hall–Kier alpha value is -4.73. The van der Waals surface area contributed by atoms with Crippen LogP contribution in [0.25, 0.3) is 0 Å². The lowest BCUT2D eigenvalue weighted by Crippen LogP contribution is -2.52. The van der Waals surface area contributed by atoms with Crippen LogP contribution in [0.2, 0.25) is 0 Å². The summed E-state index contributed by atoms with van der Waals surface area (Å²) in [6, 6.07) is 16.6. The third kappa shape index (κ3) is 5.02. The van der Waals surface area contributed by atoms with Gasteiger partial charge in [0.2, 0.25) is 17.7 Å². The lowest BCUT2D eigenvalue weighted by atomic mass is 10.0. The number of amides is 5. The van der Waals surface area contributed by atoms with Crippen molar-refractivity contribution >= 4 is 29.4 Å². The highest BCUT2D eigenvalue weighted by molar-refractivity contribution is 6.05. The second-order valence-electron chi connectivity index (χ2n) is 8.49. The number of imide groups is 1. The Labute approximate surface area is 206 Å². The molecule has 2 aliphatic rings. The fourth-order valence-corrected chi connectivity index (χ4v) is 4.23. The molecule has 1 unspecified atom stereocenters. The molecule has 0 radical (unpaired) electrons. The molecule has 5 rings (SSSR count). The number of hydrogen-bond donors (Lipinski definition) is 3. The number of rotatable bonds is 6. The Bertz CT molecular complexity index is 1330. The highest BCUT2D eigenvalue weighted by Crippen LogP contribution is 2.28. The summed E-state index contributed by atoms with van der Waals surface area (Å²) in [6.07, 6.45) is 2.17. The molecule has 36 heavy (non-hydrogen) atoms. The van der Waals surface area contributed by atoms with Gasteiger partial charge in [0.1, 0.15) is 11.8 Å². The van der Waals surface area contributed by atoms with Crippen LogP contribution in [0.1, 0.15) is 34.3 Å². The molecule has 1 atom stereocenters. The first-order chi connectivity index (χ1) is 17.5. The number of hydrogen-bond acceptors (Lipinski definition) is 6. The van der Waals surface area contributed by atoms with Gasteiger partial charge in [0, 0.05) is 43.0 Å². The fourth-order valence-electron chi connectivity index (χ4n) is 4.23. The minimum atomic E-state index is -0.657. The Kier molecular flexibility index (Phi) is 6.31. The summed E-state index contributed by atoms with van der Waals surface area (Å²) in [5.41, 5.74) is 2.73. The van der Waals surface area contributed by atoms with Crippen LogP contribution in [0.3, 0.4) is 0 Å². The predicted octanol–water partition coefficient (Wildman–Crippen LogP) is 2.96. The molecule has 3 heterocycles. The molecule has 182 valence electrons. The molecule has 10 heteroatoms. The van der Waals surface area contributed by atoms with Gasteiger partial charge in [-0.2, -0.15) is 0 Å². The van der Waals surface area contributed by atoms with Crippen LogP contribution in [0.4, 0.5) is 10.5 Å². The number of pyridine rings is 1. The average molecular weight is 486 g/mol. The molecular formula is C26H23N5O5. The van der Waals surface area contributed by atoms with Crippen LogP contribution in [-0.4, -0.2) is 39.7 Å². The van der Waals surface area contributed by atoms with Gasteiger partial charge in [0.25, 0.3) is 5.91 Å². The highest BCUT2D eigenvalue weighted by atomic mass is 16.5.